The Morgan fingerprint density at radius 2 is 2.10 bits per heavy atom. The van der Waals surface area contributed by atoms with Gasteiger partial charge < -0.3 is 9.80 Å². The van der Waals surface area contributed by atoms with E-state index in [0.717, 1.165) is 17.3 Å². The molecule has 2 aromatic rings. The third-order valence-electron chi connectivity index (χ3n) is 3.91. The first-order chi connectivity index (χ1) is 10.1. The van der Waals surface area contributed by atoms with Gasteiger partial charge in [0.2, 0.25) is 5.91 Å². The van der Waals surface area contributed by atoms with Crippen LogP contribution < -0.4 is 0 Å². The number of carbonyl (C=O) groups excluding carboxylic acids is 2. The van der Waals surface area contributed by atoms with E-state index < -0.39 is 0 Å². The first kappa shape index (κ1) is 13.6. The first-order valence-electron chi connectivity index (χ1n) is 7.05. The molecule has 21 heavy (non-hydrogen) atoms. The van der Waals surface area contributed by atoms with Crippen LogP contribution in [0.2, 0.25) is 0 Å². The number of carbonyl (C=O) groups is 2. The second kappa shape index (κ2) is 5.20. The number of likely N-dealkylation sites (N-methyl/N-ethyl adjacent to an activating group) is 1. The quantitative estimate of drug-likeness (QED) is 0.903. The molecule has 2 heterocycles. The monoisotopic (exact) mass is 286 g/mol. The van der Waals surface area contributed by atoms with E-state index in [1.807, 2.05) is 24.3 Å². The fourth-order valence-corrected chi connectivity index (χ4v) is 2.83. The molecule has 1 aliphatic rings. The number of rotatable bonds is 2. The predicted molar refractivity (Wildman–Crippen MR) is 78.8 cm³/mol. The van der Waals surface area contributed by atoms with Crippen LogP contribution in [-0.2, 0) is 4.79 Å². The number of aromatic amines is 1. The summed E-state index contributed by atoms with van der Waals surface area (Å²) >= 11 is 0. The number of likely N-dealkylation sites (tertiary alicyclic amines) is 1. The Labute approximate surface area is 122 Å². The Hall–Kier alpha value is -2.37. The van der Waals surface area contributed by atoms with Crippen molar-refractivity contribution in [2.24, 2.45) is 0 Å². The number of fused-ring (bicyclic) bond motifs is 1. The van der Waals surface area contributed by atoms with Crippen molar-refractivity contribution in [1.82, 2.24) is 20.0 Å². The van der Waals surface area contributed by atoms with E-state index in [0.29, 0.717) is 18.7 Å². The van der Waals surface area contributed by atoms with E-state index in [1.54, 1.807) is 23.9 Å². The summed E-state index contributed by atoms with van der Waals surface area (Å²) in [6.45, 7) is 0.601. The van der Waals surface area contributed by atoms with Crippen LogP contribution in [0.25, 0.3) is 10.9 Å². The number of para-hydroxylation sites is 1. The molecule has 1 saturated heterocycles. The lowest BCUT2D eigenvalue weighted by atomic mass is 10.1. The van der Waals surface area contributed by atoms with Crippen LogP contribution in [0.1, 0.15) is 23.3 Å². The number of amides is 2. The molecule has 6 nitrogen and oxygen atoms in total. The number of hydrogen-bond acceptors (Lipinski definition) is 3. The minimum Gasteiger partial charge on any atom is -0.347 e. The number of nitrogens with zero attached hydrogens (tertiary/aromatic N) is 3. The van der Waals surface area contributed by atoms with E-state index in [4.69, 9.17) is 0 Å². The Balaban J connectivity index is 1.92. The second-order valence-corrected chi connectivity index (χ2v) is 5.51. The molecule has 0 spiro atoms. The molecule has 0 aliphatic carbocycles. The van der Waals surface area contributed by atoms with E-state index >= 15 is 0 Å². The van der Waals surface area contributed by atoms with E-state index in [9.17, 15) is 9.59 Å². The molecular weight excluding hydrogens is 268 g/mol. The van der Waals surface area contributed by atoms with Crippen molar-refractivity contribution in [3.8, 4) is 0 Å². The molecule has 1 fully saturated rings. The Morgan fingerprint density at radius 3 is 2.86 bits per heavy atom. The smallest absolute Gasteiger partial charge is 0.275 e. The highest BCUT2D eigenvalue weighted by Gasteiger charge is 2.36. The summed E-state index contributed by atoms with van der Waals surface area (Å²) in [4.78, 5) is 28.1. The average Bonchev–Trinajstić information content (AvgIpc) is 3.12. The predicted octanol–water partition coefficient (Wildman–Crippen LogP) is 1.26. The van der Waals surface area contributed by atoms with E-state index in [2.05, 4.69) is 10.2 Å². The van der Waals surface area contributed by atoms with Crippen LogP contribution in [0.15, 0.2) is 24.3 Å². The summed E-state index contributed by atoms with van der Waals surface area (Å²) in [5, 5.41) is 7.80. The minimum atomic E-state index is -0.372. The maximum Gasteiger partial charge on any atom is 0.275 e. The van der Waals surface area contributed by atoms with Gasteiger partial charge in [-0.2, -0.15) is 5.10 Å². The van der Waals surface area contributed by atoms with Crippen molar-refractivity contribution < 1.29 is 9.59 Å². The van der Waals surface area contributed by atoms with Crippen LogP contribution >= 0.6 is 0 Å². The molecule has 1 N–H and O–H groups in total. The molecule has 1 aliphatic heterocycles. The SMILES string of the molecule is CN(C)C(=O)C1CCCN1C(=O)c1n[nH]c2ccccc12. The maximum absolute atomic E-state index is 12.7. The summed E-state index contributed by atoms with van der Waals surface area (Å²) in [7, 11) is 3.43. The lowest BCUT2D eigenvalue weighted by molar-refractivity contribution is -0.132. The molecule has 0 saturated carbocycles. The van der Waals surface area contributed by atoms with Gasteiger partial charge in [0, 0.05) is 26.0 Å². The minimum absolute atomic E-state index is 0.0271. The first-order valence-corrected chi connectivity index (χ1v) is 7.05. The lowest BCUT2D eigenvalue weighted by Gasteiger charge is -2.25. The van der Waals surface area contributed by atoms with Crippen LogP contribution in [0.3, 0.4) is 0 Å². The van der Waals surface area contributed by atoms with Crippen LogP contribution in [-0.4, -0.2) is 58.5 Å². The number of hydrogen-bond donors (Lipinski definition) is 1. The number of aromatic nitrogens is 2. The molecule has 1 aromatic heterocycles. The zero-order chi connectivity index (χ0) is 15.0. The largest absolute Gasteiger partial charge is 0.347 e. The van der Waals surface area contributed by atoms with Gasteiger partial charge in [-0.05, 0) is 18.9 Å². The van der Waals surface area contributed by atoms with E-state index in [1.165, 1.54) is 0 Å². The number of H-pyrrole nitrogens is 1. The Bertz CT molecular complexity index is 692. The standard InChI is InChI=1S/C15H18N4O2/c1-18(2)14(20)12-8-5-9-19(12)15(21)13-10-6-3-4-7-11(10)16-17-13/h3-4,6-7,12H,5,8-9H2,1-2H3,(H,16,17). The lowest BCUT2D eigenvalue weighted by Crippen LogP contribution is -2.45. The van der Waals surface area contributed by atoms with Gasteiger partial charge in [0.25, 0.3) is 5.91 Å². The van der Waals surface area contributed by atoms with Gasteiger partial charge in [0.15, 0.2) is 5.69 Å². The number of benzene rings is 1. The molecule has 1 atom stereocenters. The molecule has 1 aromatic carbocycles. The van der Waals surface area contributed by atoms with Crippen molar-refractivity contribution in [3.05, 3.63) is 30.0 Å². The van der Waals surface area contributed by atoms with Gasteiger partial charge in [-0.3, -0.25) is 14.7 Å². The van der Waals surface area contributed by atoms with Crippen LogP contribution in [0.5, 0.6) is 0 Å². The average molecular weight is 286 g/mol. The fourth-order valence-electron chi connectivity index (χ4n) is 2.83. The topological polar surface area (TPSA) is 69.3 Å². The van der Waals surface area contributed by atoms with Crippen molar-refractivity contribution in [2.45, 2.75) is 18.9 Å². The van der Waals surface area contributed by atoms with Crippen molar-refractivity contribution >= 4 is 22.7 Å². The van der Waals surface area contributed by atoms with Gasteiger partial charge in [-0.1, -0.05) is 18.2 Å². The van der Waals surface area contributed by atoms with Crippen LogP contribution in [0.4, 0.5) is 0 Å². The molecule has 110 valence electrons. The second-order valence-electron chi connectivity index (χ2n) is 5.51. The Morgan fingerprint density at radius 1 is 1.33 bits per heavy atom. The summed E-state index contributed by atoms with van der Waals surface area (Å²) in [6, 6.07) is 7.14. The third-order valence-corrected chi connectivity index (χ3v) is 3.91. The van der Waals surface area contributed by atoms with Gasteiger partial charge in [0.05, 0.1) is 5.52 Å². The summed E-state index contributed by atoms with van der Waals surface area (Å²) < 4.78 is 0. The number of nitrogens with one attached hydrogen (secondary N) is 1. The van der Waals surface area contributed by atoms with Gasteiger partial charge in [0.1, 0.15) is 6.04 Å². The summed E-state index contributed by atoms with van der Waals surface area (Å²) in [6.07, 6.45) is 1.56. The molecule has 1 unspecified atom stereocenters. The molecule has 0 bridgehead atoms. The van der Waals surface area contributed by atoms with Crippen molar-refractivity contribution in [3.63, 3.8) is 0 Å². The molecule has 6 heteroatoms. The van der Waals surface area contributed by atoms with Gasteiger partial charge >= 0.3 is 0 Å². The molecule has 2 amide bonds. The molecule has 3 rings (SSSR count). The third kappa shape index (κ3) is 2.26. The zero-order valence-corrected chi connectivity index (χ0v) is 12.2. The van der Waals surface area contributed by atoms with Crippen molar-refractivity contribution in [2.75, 3.05) is 20.6 Å². The Kier molecular flexibility index (Phi) is 3.37. The highest BCUT2D eigenvalue weighted by atomic mass is 16.2. The molecule has 0 radical (unpaired) electrons. The highest BCUT2D eigenvalue weighted by molar-refractivity contribution is 6.06. The normalized spacial score (nSPS) is 18.2. The van der Waals surface area contributed by atoms with Crippen molar-refractivity contribution in [1.29, 1.82) is 0 Å². The van der Waals surface area contributed by atoms with Gasteiger partial charge in [-0.25, -0.2) is 0 Å². The molecular formula is C15H18N4O2. The zero-order valence-electron chi connectivity index (χ0n) is 12.2. The van der Waals surface area contributed by atoms with Crippen LogP contribution in [0, 0.1) is 0 Å². The highest BCUT2D eigenvalue weighted by Crippen LogP contribution is 2.24. The van der Waals surface area contributed by atoms with E-state index in [-0.39, 0.29) is 17.9 Å². The summed E-state index contributed by atoms with van der Waals surface area (Å²) in [5.74, 6) is -0.203. The summed E-state index contributed by atoms with van der Waals surface area (Å²) in [5.41, 5.74) is 1.22. The van der Waals surface area contributed by atoms with Gasteiger partial charge in [-0.15, -0.1) is 0 Å². The maximum atomic E-state index is 12.7. The fraction of sp³-hybridized carbons (Fsp3) is 0.400.